The van der Waals surface area contributed by atoms with Gasteiger partial charge in [-0.15, -0.1) is 0 Å². The van der Waals surface area contributed by atoms with E-state index >= 15 is 0 Å². The van der Waals surface area contributed by atoms with Crippen LogP contribution in [0, 0.1) is 0 Å². The minimum atomic E-state index is -0.474. The highest BCUT2D eigenvalue weighted by Crippen LogP contribution is 2.28. The van der Waals surface area contributed by atoms with E-state index in [-0.39, 0.29) is 11.5 Å². The molecule has 1 aromatic carbocycles. The lowest BCUT2D eigenvalue weighted by Gasteiger charge is -2.26. The third-order valence-electron chi connectivity index (χ3n) is 2.29. The maximum Gasteiger partial charge on any atom is 0.126 e. The fraction of sp³-hybridized carbons (Fsp3) is 0.333. The van der Waals surface area contributed by atoms with Gasteiger partial charge in [0.2, 0.25) is 0 Å². The molecule has 1 aliphatic heterocycles. The molecule has 80 valence electrons. The molecule has 0 fully saturated rings. The van der Waals surface area contributed by atoms with Crippen LogP contribution in [0.15, 0.2) is 47.4 Å². The van der Waals surface area contributed by atoms with Crippen molar-refractivity contribution in [3.8, 4) is 0 Å². The molecule has 0 amide bonds. The summed E-state index contributed by atoms with van der Waals surface area (Å²) in [7, 11) is 0. The highest BCUT2D eigenvalue weighted by atomic mass is 32.2. The molecule has 0 unspecified atom stereocenters. The number of hydrogen-bond acceptors (Lipinski definition) is 3. The van der Waals surface area contributed by atoms with E-state index in [1.807, 2.05) is 31.2 Å². The van der Waals surface area contributed by atoms with E-state index in [1.165, 1.54) is 4.90 Å². The molecule has 0 aliphatic carbocycles. The Morgan fingerprint density at radius 1 is 1.20 bits per heavy atom. The largest absolute Gasteiger partial charge is 0.386 e. The summed E-state index contributed by atoms with van der Waals surface area (Å²) in [4.78, 5) is 1.18. The van der Waals surface area contributed by atoms with Crippen molar-refractivity contribution in [1.82, 2.24) is 0 Å². The van der Waals surface area contributed by atoms with Crippen molar-refractivity contribution in [2.45, 2.75) is 29.5 Å². The van der Waals surface area contributed by atoms with E-state index in [0.29, 0.717) is 0 Å². The summed E-state index contributed by atoms with van der Waals surface area (Å²) in [5.74, 6) is 0. The highest BCUT2D eigenvalue weighted by Gasteiger charge is 2.21. The molecule has 2 rings (SSSR count). The Labute approximate surface area is 94.0 Å². The van der Waals surface area contributed by atoms with E-state index in [2.05, 4.69) is 12.1 Å². The average molecular weight is 222 g/mol. The number of ether oxygens (including phenoxy) is 1. The molecule has 0 spiro atoms. The number of thioether (sulfide) groups is 1. The van der Waals surface area contributed by atoms with Gasteiger partial charge >= 0.3 is 0 Å². The first-order valence-corrected chi connectivity index (χ1v) is 5.87. The summed E-state index contributed by atoms with van der Waals surface area (Å²) in [5.41, 5.74) is 0.00537. The van der Waals surface area contributed by atoms with Crippen LogP contribution in [0.3, 0.4) is 0 Å². The van der Waals surface area contributed by atoms with Gasteiger partial charge in [-0.05, 0) is 25.1 Å². The predicted octanol–water partition coefficient (Wildman–Crippen LogP) is 2.44. The first-order valence-electron chi connectivity index (χ1n) is 4.99. The maximum atomic E-state index is 9.44. The SMILES string of the molecule is C[C@H]1O[C@H](Sc2ccccc2)C=C[C@H]1O. The third-order valence-corrected chi connectivity index (χ3v) is 3.34. The van der Waals surface area contributed by atoms with Crippen LogP contribution in [0.4, 0.5) is 0 Å². The van der Waals surface area contributed by atoms with Gasteiger partial charge in [-0.1, -0.05) is 36.0 Å². The second kappa shape index (κ2) is 4.84. The van der Waals surface area contributed by atoms with Crippen LogP contribution in [-0.2, 0) is 4.74 Å². The minimum Gasteiger partial charge on any atom is -0.386 e. The molecule has 1 N–H and O–H groups in total. The van der Waals surface area contributed by atoms with Gasteiger partial charge in [-0.25, -0.2) is 0 Å². The van der Waals surface area contributed by atoms with Gasteiger partial charge in [-0.3, -0.25) is 0 Å². The van der Waals surface area contributed by atoms with Gasteiger partial charge in [0.1, 0.15) is 5.44 Å². The molecule has 1 aliphatic rings. The van der Waals surface area contributed by atoms with Crippen molar-refractivity contribution in [3.63, 3.8) is 0 Å². The lowest BCUT2D eigenvalue weighted by Crippen LogP contribution is -2.31. The summed E-state index contributed by atoms with van der Waals surface area (Å²) in [6, 6.07) is 10.1. The number of aliphatic hydroxyl groups is 1. The van der Waals surface area contributed by atoms with E-state index < -0.39 is 6.10 Å². The molecule has 3 atom stereocenters. The number of aliphatic hydroxyl groups excluding tert-OH is 1. The number of rotatable bonds is 2. The van der Waals surface area contributed by atoms with E-state index in [1.54, 1.807) is 17.8 Å². The Morgan fingerprint density at radius 3 is 2.60 bits per heavy atom. The molecule has 1 aromatic rings. The van der Waals surface area contributed by atoms with Crippen molar-refractivity contribution in [2.24, 2.45) is 0 Å². The quantitative estimate of drug-likeness (QED) is 0.779. The minimum absolute atomic E-state index is 0.00537. The summed E-state index contributed by atoms with van der Waals surface area (Å²) in [6.45, 7) is 1.88. The summed E-state index contributed by atoms with van der Waals surface area (Å²) >= 11 is 1.65. The van der Waals surface area contributed by atoms with Crippen molar-refractivity contribution in [1.29, 1.82) is 0 Å². The van der Waals surface area contributed by atoms with Crippen LogP contribution in [-0.4, -0.2) is 22.8 Å². The lowest BCUT2D eigenvalue weighted by atomic mass is 10.2. The predicted molar refractivity (Wildman–Crippen MR) is 61.8 cm³/mol. The lowest BCUT2D eigenvalue weighted by molar-refractivity contribution is -0.0156. The van der Waals surface area contributed by atoms with Crippen LogP contribution in [0.2, 0.25) is 0 Å². The molecule has 15 heavy (non-hydrogen) atoms. The molecule has 0 saturated carbocycles. The zero-order valence-electron chi connectivity index (χ0n) is 8.54. The molecular formula is C12H14O2S. The van der Waals surface area contributed by atoms with Gasteiger partial charge in [0.15, 0.2) is 0 Å². The van der Waals surface area contributed by atoms with Gasteiger partial charge in [0.05, 0.1) is 12.2 Å². The molecule has 0 aromatic heterocycles. The van der Waals surface area contributed by atoms with Crippen molar-refractivity contribution in [3.05, 3.63) is 42.5 Å². The van der Waals surface area contributed by atoms with Crippen LogP contribution >= 0.6 is 11.8 Å². The second-order valence-electron chi connectivity index (χ2n) is 3.52. The fourth-order valence-corrected chi connectivity index (χ4v) is 2.38. The topological polar surface area (TPSA) is 29.5 Å². The molecule has 2 nitrogen and oxygen atoms in total. The first-order chi connectivity index (χ1) is 7.25. The Balaban J connectivity index is 1.99. The molecule has 1 heterocycles. The molecule has 0 radical (unpaired) electrons. The molecule has 3 heteroatoms. The molecule has 0 bridgehead atoms. The maximum absolute atomic E-state index is 9.44. The fourth-order valence-electron chi connectivity index (χ4n) is 1.40. The monoisotopic (exact) mass is 222 g/mol. The Kier molecular flexibility index (Phi) is 3.46. The van der Waals surface area contributed by atoms with Crippen LogP contribution in [0.5, 0.6) is 0 Å². The van der Waals surface area contributed by atoms with Gasteiger partial charge < -0.3 is 9.84 Å². The van der Waals surface area contributed by atoms with Crippen LogP contribution in [0.25, 0.3) is 0 Å². The number of benzene rings is 1. The summed E-state index contributed by atoms with van der Waals surface area (Å²) in [5, 5.41) is 9.44. The average Bonchev–Trinajstić information content (AvgIpc) is 2.25. The van der Waals surface area contributed by atoms with Crippen molar-refractivity contribution < 1.29 is 9.84 Å². The van der Waals surface area contributed by atoms with Crippen molar-refractivity contribution >= 4 is 11.8 Å². The molecular weight excluding hydrogens is 208 g/mol. The zero-order chi connectivity index (χ0) is 10.7. The Bertz CT molecular complexity index is 337. The van der Waals surface area contributed by atoms with E-state index in [4.69, 9.17) is 4.74 Å². The first kappa shape index (κ1) is 10.7. The normalized spacial score (nSPS) is 30.4. The van der Waals surface area contributed by atoms with Crippen molar-refractivity contribution in [2.75, 3.05) is 0 Å². The Hall–Kier alpha value is -0.770. The smallest absolute Gasteiger partial charge is 0.126 e. The Morgan fingerprint density at radius 2 is 1.93 bits per heavy atom. The second-order valence-corrected chi connectivity index (χ2v) is 4.69. The summed E-state index contributed by atoms with van der Waals surface area (Å²) in [6.07, 6.45) is 3.10. The van der Waals surface area contributed by atoms with Gasteiger partial charge in [0, 0.05) is 4.90 Å². The number of hydrogen-bond donors (Lipinski definition) is 1. The van der Waals surface area contributed by atoms with Gasteiger partial charge in [-0.2, -0.15) is 0 Å². The highest BCUT2D eigenvalue weighted by molar-refractivity contribution is 8.00. The van der Waals surface area contributed by atoms with E-state index in [9.17, 15) is 5.11 Å². The van der Waals surface area contributed by atoms with Crippen LogP contribution in [0.1, 0.15) is 6.92 Å². The van der Waals surface area contributed by atoms with Gasteiger partial charge in [0.25, 0.3) is 0 Å². The van der Waals surface area contributed by atoms with Crippen LogP contribution < -0.4 is 0 Å². The molecule has 0 saturated heterocycles. The zero-order valence-corrected chi connectivity index (χ0v) is 9.35. The van der Waals surface area contributed by atoms with E-state index in [0.717, 1.165) is 0 Å². The standard InChI is InChI=1S/C12H14O2S/c1-9-11(13)7-8-12(14-9)15-10-5-3-2-4-6-10/h2-9,11-13H,1H3/t9-,11-,12-/m1/s1. The summed E-state index contributed by atoms with van der Waals surface area (Å²) < 4.78 is 5.63. The third kappa shape index (κ3) is 2.84.